The van der Waals surface area contributed by atoms with Crippen LogP contribution in [0.4, 0.5) is 10.2 Å². The number of anilines is 1. The van der Waals surface area contributed by atoms with E-state index in [1.807, 2.05) is 12.1 Å². The van der Waals surface area contributed by atoms with Gasteiger partial charge in [0, 0.05) is 37.2 Å². The lowest BCUT2D eigenvalue weighted by atomic mass is 9.95. The summed E-state index contributed by atoms with van der Waals surface area (Å²) in [5.41, 5.74) is 1.44. The van der Waals surface area contributed by atoms with Crippen LogP contribution in [0.25, 0.3) is 11.3 Å². The molecule has 0 spiro atoms. The molecule has 1 aromatic heterocycles. The zero-order chi connectivity index (χ0) is 19.2. The van der Waals surface area contributed by atoms with Crippen LogP contribution in [0.1, 0.15) is 33.1 Å². The van der Waals surface area contributed by atoms with E-state index in [-0.39, 0.29) is 17.6 Å². The van der Waals surface area contributed by atoms with Gasteiger partial charge in [0.2, 0.25) is 5.91 Å². The summed E-state index contributed by atoms with van der Waals surface area (Å²) < 4.78 is 13.5. The Kier molecular flexibility index (Phi) is 6.37. The molecule has 1 N–H and O–H groups in total. The molecule has 2 heterocycles. The average Bonchev–Trinajstić information content (AvgIpc) is 2.68. The number of hydrogen-bond acceptors (Lipinski definition) is 4. The number of piperidine rings is 1. The molecule has 3 rings (SSSR count). The molecule has 1 saturated heterocycles. The summed E-state index contributed by atoms with van der Waals surface area (Å²) >= 11 is 0. The molecule has 1 amide bonds. The maximum atomic E-state index is 13.5. The zero-order valence-corrected chi connectivity index (χ0v) is 16.0. The van der Waals surface area contributed by atoms with Gasteiger partial charge in [-0.25, -0.2) is 14.4 Å². The third-order valence-corrected chi connectivity index (χ3v) is 4.98. The van der Waals surface area contributed by atoms with Crippen molar-refractivity contribution in [1.29, 1.82) is 0 Å². The summed E-state index contributed by atoms with van der Waals surface area (Å²) in [7, 11) is 0. The molecule has 6 heteroatoms. The Labute approximate surface area is 160 Å². The molecule has 27 heavy (non-hydrogen) atoms. The van der Waals surface area contributed by atoms with Crippen molar-refractivity contribution in [3.05, 3.63) is 42.5 Å². The van der Waals surface area contributed by atoms with Crippen molar-refractivity contribution in [2.75, 3.05) is 24.5 Å². The molecule has 0 unspecified atom stereocenters. The number of amides is 1. The van der Waals surface area contributed by atoms with E-state index in [1.165, 1.54) is 18.5 Å². The Bertz CT molecular complexity index is 772. The summed E-state index contributed by atoms with van der Waals surface area (Å²) in [6.07, 6.45) is 4.15. The Morgan fingerprint density at radius 3 is 2.74 bits per heavy atom. The van der Waals surface area contributed by atoms with Crippen molar-refractivity contribution in [1.82, 2.24) is 15.3 Å². The van der Waals surface area contributed by atoms with Crippen LogP contribution < -0.4 is 10.2 Å². The molecule has 1 aliphatic heterocycles. The lowest BCUT2D eigenvalue weighted by Gasteiger charge is -2.32. The van der Waals surface area contributed by atoms with E-state index >= 15 is 0 Å². The summed E-state index contributed by atoms with van der Waals surface area (Å²) in [6.45, 7) is 6.62. The molecule has 1 aliphatic rings. The number of halogens is 1. The van der Waals surface area contributed by atoms with E-state index in [9.17, 15) is 9.18 Å². The van der Waals surface area contributed by atoms with Crippen molar-refractivity contribution >= 4 is 11.7 Å². The van der Waals surface area contributed by atoms with E-state index in [0.29, 0.717) is 11.6 Å². The molecule has 5 nitrogen and oxygen atoms in total. The second kappa shape index (κ2) is 8.93. The number of aromatic nitrogens is 2. The first-order chi connectivity index (χ1) is 13.0. The van der Waals surface area contributed by atoms with E-state index < -0.39 is 0 Å². The summed E-state index contributed by atoms with van der Waals surface area (Å²) in [5.74, 6) is 1.37. The van der Waals surface area contributed by atoms with Crippen LogP contribution in [0.5, 0.6) is 0 Å². The van der Waals surface area contributed by atoms with Crippen LogP contribution in [-0.4, -0.2) is 35.5 Å². The van der Waals surface area contributed by atoms with Crippen LogP contribution in [0.3, 0.4) is 0 Å². The van der Waals surface area contributed by atoms with E-state index in [4.69, 9.17) is 0 Å². The van der Waals surface area contributed by atoms with Gasteiger partial charge in [-0.15, -0.1) is 0 Å². The van der Waals surface area contributed by atoms with Gasteiger partial charge in [0.25, 0.3) is 0 Å². The molecular formula is C21H27FN4O. The number of nitrogens with one attached hydrogen (secondary N) is 1. The highest BCUT2D eigenvalue weighted by Gasteiger charge is 2.25. The first-order valence-corrected chi connectivity index (χ1v) is 9.63. The van der Waals surface area contributed by atoms with Gasteiger partial charge in [-0.2, -0.15) is 0 Å². The molecule has 0 radical (unpaired) electrons. The molecule has 0 bridgehead atoms. The second-order valence-corrected chi connectivity index (χ2v) is 7.51. The van der Waals surface area contributed by atoms with E-state index in [0.717, 1.165) is 50.3 Å². The second-order valence-electron chi connectivity index (χ2n) is 7.51. The smallest absolute Gasteiger partial charge is 0.223 e. The van der Waals surface area contributed by atoms with Crippen LogP contribution in [0.15, 0.2) is 36.7 Å². The van der Waals surface area contributed by atoms with Crippen molar-refractivity contribution in [2.45, 2.75) is 33.1 Å². The fourth-order valence-electron chi connectivity index (χ4n) is 3.32. The standard InChI is InChI=1S/C21H27FN4O/c1-15(2)6-9-23-21(27)16-7-10-26(11-8-16)20-13-19(24-14-25-20)17-4-3-5-18(22)12-17/h3-5,12-16H,6-11H2,1-2H3,(H,23,27). The van der Waals surface area contributed by atoms with Gasteiger partial charge in [0.05, 0.1) is 5.69 Å². The Balaban J connectivity index is 1.58. The monoisotopic (exact) mass is 370 g/mol. The van der Waals surface area contributed by atoms with E-state index in [2.05, 4.69) is 34.0 Å². The summed E-state index contributed by atoms with van der Waals surface area (Å²) in [4.78, 5) is 23.1. The van der Waals surface area contributed by atoms with Crippen molar-refractivity contribution in [3.63, 3.8) is 0 Å². The molecule has 1 fully saturated rings. The SMILES string of the molecule is CC(C)CCNC(=O)C1CCN(c2cc(-c3cccc(F)c3)ncn2)CC1. The third kappa shape index (κ3) is 5.25. The molecular weight excluding hydrogens is 343 g/mol. The quantitative estimate of drug-likeness (QED) is 0.843. The Hall–Kier alpha value is -2.50. The van der Waals surface area contributed by atoms with Gasteiger partial charge in [-0.05, 0) is 37.3 Å². The van der Waals surface area contributed by atoms with Crippen molar-refractivity contribution < 1.29 is 9.18 Å². The van der Waals surface area contributed by atoms with Crippen LogP contribution in [-0.2, 0) is 4.79 Å². The van der Waals surface area contributed by atoms with Crippen LogP contribution in [0, 0.1) is 17.7 Å². The normalized spacial score (nSPS) is 15.2. The molecule has 0 saturated carbocycles. The first-order valence-electron chi connectivity index (χ1n) is 9.63. The minimum Gasteiger partial charge on any atom is -0.356 e. The lowest BCUT2D eigenvalue weighted by Crippen LogP contribution is -2.41. The average molecular weight is 370 g/mol. The molecule has 2 aromatic rings. The Morgan fingerprint density at radius 2 is 2.04 bits per heavy atom. The molecule has 0 atom stereocenters. The molecule has 144 valence electrons. The largest absolute Gasteiger partial charge is 0.356 e. The number of benzene rings is 1. The summed E-state index contributed by atoms with van der Waals surface area (Å²) in [5, 5.41) is 3.06. The van der Waals surface area contributed by atoms with Gasteiger partial charge < -0.3 is 10.2 Å². The van der Waals surface area contributed by atoms with Gasteiger partial charge in [0.1, 0.15) is 18.0 Å². The number of carbonyl (C=O) groups excluding carboxylic acids is 1. The van der Waals surface area contributed by atoms with Gasteiger partial charge in [-0.3, -0.25) is 4.79 Å². The molecule has 0 aliphatic carbocycles. The van der Waals surface area contributed by atoms with Gasteiger partial charge >= 0.3 is 0 Å². The first kappa shape index (κ1) is 19.3. The van der Waals surface area contributed by atoms with Crippen LogP contribution >= 0.6 is 0 Å². The van der Waals surface area contributed by atoms with Crippen molar-refractivity contribution in [3.8, 4) is 11.3 Å². The zero-order valence-electron chi connectivity index (χ0n) is 16.0. The maximum absolute atomic E-state index is 13.5. The topological polar surface area (TPSA) is 58.1 Å². The van der Waals surface area contributed by atoms with Crippen LogP contribution in [0.2, 0.25) is 0 Å². The number of rotatable bonds is 6. The number of hydrogen-bond donors (Lipinski definition) is 1. The van der Waals surface area contributed by atoms with E-state index in [1.54, 1.807) is 6.07 Å². The van der Waals surface area contributed by atoms with Crippen molar-refractivity contribution in [2.24, 2.45) is 11.8 Å². The minimum atomic E-state index is -0.281. The van der Waals surface area contributed by atoms with Gasteiger partial charge in [-0.1, -0.05) is 26.0 Å². The lowest BCUT2D eigenvalue weighted by molar-refractivity contribution is -0.125. The highest BCUT2D eigenvalue weighted by Crippen LogP contribution is 2.25. The minimum absolute atomic E-state index is 0.0675. The predicted octanol–water partition coefficient (Wildman–Crippen LogP) is 3.66. The highest BCUT2D eigenvalue weighted by molar-refractivity contribution is 5.79. The predicted molar refractivity (Wildman–Crippen MR) is 105 cm³/mol. The number of nitrogens with zero attached hydrogens (tertiary/aromatic N) is 3. The molecule has 1 aromatic carbocycles. The summed E-state index contributed by atoms with van der Waals surface area (Å²) in [6, 6.07) is 8.29. The van der Waals surface area contributed by atoms with Gasteiger partial charge in [0.15, 0.2) is 0 Å². The highest BCUT2D eigenvalue weighted by atomic mass is 19.1. The third-order valence-electron chi connectivity index (χ3n) is 4.98. The fourth-order valence-corrected chi connectivity index (χ4v) is 3.32. The fraction of sp³-hybridized carbons (Fsp3) is 0.476. The Morgan fingerprint density at radius 1 is 1.26 bits per heavy atom. The number of carbonyl (C=O) groups is 1. The maximum Gasteiger partial charge on any atom is 0.223 e.